The molecule has 0 amide bonds. The Morgan fingerprint density at radius 1 is 1.38 bits per heavy atom. The van der Waals surface area contributed by atoms with Crippen LogP contribution in [0.25, 0.3) is 0 Å². The third-order valence-corrected chi connectivity index (χ3v) is 3.66. The highest BCUT2D eigenvalue weighted by Gasteiger charge is 2.12. The predicted molar refractivity (Wildman–Crippen MR) is 84.6 cm³/mol. The first-order valence-electron chi connectivity index (χ1n) is 5.81. The van der Waals surface area contributed by atoms with Crippen LogP contribution in [0.5, 0.6) is 0 Å². The molecule has 0 aromatic heterocycles. The van der Waals surface area contributed by atoms with Crippen LogP contribution in [-0.4, -0.2) is 13.1 Å². The molecule has 3 N–H and O–H groups in total. The van der Waals surface area contributed by atoms with Gasteiger partial charge in [0.2, 0.25) is 0 Å². The summed E-state index contributed by atoms with van der Waals surface area (Å²) in [4.78, 5) is 11.4. The van der Waals surface area contributed by atoms with E-state index in [0.717, 1.165) is 0 Å². The molecule has 0 aliphatic rings. The highest BCUT2D eigenvalue weighted by Crippen LogP contribution is 2.35. The quantitative estimate of drug-likeness (QED) is 0.620. The zero-order valence-electron chi connectivity index (χ0n) is 10.9. The van der Waals surface area contributed by atoms with Gasteiger partial charge in [0.05, 0.1) is 34.8 Å². The Labute approximate surface area is 134 Å². The molecule has 4 nitrogen and oxygen atoms in total. The van der Waals surface area contributed by atoms with Gasteiger partial charge in [0.1, 0.15) is 5.82 Å². The number of esters is 1. The first-order valence-corrected chi connectivity index (χ1v) is 6.99. The van der Waals surface area contributed by atoms with Crippen LogP contribution in [0.4, 0.5) is 21.5 Å². The number of ether oxygens (including phenoxy) is 1. The van der Waals surface area contributed by atoms with Crippen LogP contribution in [0.15, 0.2) is 34.8 Å². The van der Waals surface area contributed by atoms with Crippen molar-refractivity contribution in [2.45, 2.75) is 0 Å². The lowest BCUT2D eigenvalue weighted by Crippen LogP contribution is -2.04. The third-order valence-electron chi connectivity index (χ3n) is 2.74. The van der Waals surface area contributed by atoms with Crippen molar-refractivity contribution in [1.29, 1.82) is 0 Å². The van der Waals surface area contributed by atoms with Gasteiger partial charge in [0.25, 0.3) is 0 Å². The molecule has 0 bridgehead atoms. The third kappa shape index (κ3) is 3.46. The molecular formula is C14H11BrClFN2O2. The second-order valence-electron chi connectivity index (χ2n) is 4.16. The number of halogens is 3. The van der Waals surface area contributed by atoms with Crippen LogP contribution in [0.1, 0.15) is 10.4 Å². The van der Waals surface area contributed by atoms with Crippen LogP contribution >= 0.6 is 27.5 Å². The van der Waals surface area contributed by atoms with Crippen molar-refractivity contribution in [1.82, 2.24) is 0 Å². The Hall–Kier alpha value is -1.79. The maximum atomic E-state index is 13.2. The number of hydrogen-bond acceptors (Lipinski definition) is 4. The molecule has 0 spiro atoms. The summed E-state index contributed by atoms with van der Waals surface area (Å²) >= 11 is 9.22. The van der Waals surface area contributed by atoms with Crippen LogP contribution < -0.4 is 11.1 Å². The number of nitrogens with two attached hydrogens (primary N) is 1. The maximum Gasteiger partial charge on any atom is 0.337 e. The summed E-state index contributed by atoms with van der Waals surface area (Å²) in [5.74, 6) is -0.930. The molecule has 0 fully saturated rings. The predicted octanol–water partition coefficient (Wildman–Crippen LogP) is 4.35. The Bertz CT molecular complexity index is 686. The van der Waals surface area contributed by atoms with Gasteiger partial charge in [-0.1, -0.05) is 11.6 Å². The van der Waals surface area contributed by atoms with Crippen molar-refractivity contribution >= 4 is 50.6 Å². The number of benzene rings is 2. The number of methoxy groups -OCH3 is 1. The molecule has 0 saturated heterocycles. The van der Waals surface area contributed by atoms with Gasteiger partial charge in [0.15, 0.2) is 0 Å². The lowest BCUT2D eigenvalue weighted by molar-refractivity contribution is 0.0601. The van der Waals surface area contributed by atoms with Crippen molar-refractivity contribution < 1.29 is 13.9 Å². The molecule has 7 heteroatoms. The van der Waals surface area contributed by atoms with Crippen molar-refractivity contribution in [3.8, 4) is 0 Å². The molecule has 0 aliphatic carbocycles. The molecule has 0 heterocycles. The van der Waals surface area contributed by atoms with E-state index in [0.29, 0.717) is 27.1 Å². The summed E-state index contributed by atoms with van der Waals surface area (Å²) in [5, 5.41) is 3.20. The van der Waals surface area contributed by atoms with Crippen molar-refractivity contribution in [2.24, 2.45) is 0 Å². The fraction of sp³-hybridized carbons (Fsp3) is 0.0714. The maximum absolute atomic E-state index is 13.2. The molecule has 21 heavy (non-hydrogen) atoms. The largest absolute Gasteiger partial charge is 0.465 e. The number of carbonyl (C=O) groups is 1. The van der Waals surface area contributed by atoms with E-state index in [1.165, 1.54) is 25.3 Å². The summed E-state index contributed by atoms with van der Waals surface area (Å²) in [7, 11) is 1.29. The van der Waals surface area contributed by atoms with Gasteiger partial charge in [-0.2, -0.15) is 0 Å². The lowest BCUT2D eigenvalue weighted by atomic mass is 10.1. The first-order chi connectivity index (χ1) is 9.92. The number of rotatable bonds is 3. The summed E-state index contributed by atoms with van der Waals surface area (Å²) in [6.07, 6.45) is 0. The summed E-state index contributed by atoms with van der Waals surface area (Å²) in [6.45, 7) is 0. The average molecular weight is 374 g/mol. The van der Waals surface area contributed by atoms with E-state index in [-0.39, 0.29) is 5.02 Å². The molecular weight excluding hydrogens is 363 g/mol. The minimum absolute atomic E-state index is 0.207. The second-order valence-corrected chi connectivity index (χ2v) is 5.42. The van der Waals surface area contributed by atoms with Gasteiger partial charge in [-0.25, -0.2) is 9.18 Å². The second kappa shape index (κ2) is 6.32. The highest BCUT2D eigenvalue weighted by molar-refractivity contribution is 9.10. The van der Waals surface area contributed by atoms with Gasteiger partial charge in [0, 0.05) is 4.47 Å². The van der Waals surface area contributed by atoms with Gasteiger partial charge < -0.3 is 15.8 Å². The Kier molecular flexibility index (Phi) is 4.69. The molecule has 0 unspecified atom stereocenters. The van der Waals surface area contributed by atoms with Crippen LogP contribution in [0.2, 0.25) is 5.02 Å². The molecule has 2 aromatic rings. The normalized spacial score (nSPS) is 10.3. The van der Waals surface area contributed by atoms with Gasteiger partial charge in [-0.05, 0) is 46.3 Å². The molecule has 0 atom stereocenters. The fourth-order valence-corrected chi connectivity index (χ4v) is 2.62. The van der Waals surface area contributed by atoms with E-state index in [1.807, 2.05) is 0 Å². The number of nitrogen functional groups attached to an aromatic ring is 1. The zero-order chi connectivity index (χ0) is 15.6. The van der Waals surface area contributed by atoms with Gasteiger partial charge in [-0.15, -0.1) is 0 Å². The topological polar surface area (TPSA) is 64.3 Å². The lowest BCUT2D eigenvalue weighted by Gasteiger charge is -2.13. The van der Waals surface area contributed by atoms with Crippen LogP contribution in [0.3, 0.4) is 0 Å². The van der Waals surface area contributed by atoms with Crippen LogP contribution in [0, 0.1) is 5.82 Å². The molecule has 0 saturated carbocycles. The fourth-order valence-electron chi connectivity index (χ4n) is 1.72. The first kappa shape index (κ1) is 15.6. The highest BCUT2D eigenvalue weighted by atomic mass is 79.9. The molecule has 0 aliphatic heterocycles. The van der Waals surface area contributed by atoms with Crippen molar-refractivity contribution in [3.63, 3.8) is 0 Å². The summed E-state index contributed by atoms with van der Waals surface area (Å²) < 4.78 is 18.3. The smallest absolute Gasteiger partial charge is 0.337 e. The number of hydrogen-bond donors (Lipinski definition) is 2. The molecule has 2 rings (SSSR count). The Balaban J connectivity index is 2.35. The Morgan fingerprint density at radius 3 is 2.67 bits per heavy atom. The average Bonchev–Trinajstić information content (AvgIpc) is 2.43. The molecule has 2 aromatic carbocycles. The molecule has 0 radical (unpaired) electrons. The minimum atomic E-state index is -0.478. The van der Waals surface area contributed by atoms with Gasteiger partial charge >= 0.3 is 5.97 Å². The summed E-state index contributed by atoms with van der Waals surface area (Å²) in [6, 6.07) is 7.14. The van der Waals surface area contributed by atoms with E-state index in [1.54, 1.807) is 12.1 Å². The van der Waals surface area contributed by atoms with Gasteiger partial charge in [-0.3, -0.25) is 0 Å². The zero-order valence-corrected chi connectivity index (χ0v) is 13.3. The minimum Gasteiger partial charge on any atom is -0.465 e. The molecule has 110 valence electrons. The SMILES string of the molecule is COC(=O)c1ccc(Nc2c(Cl)cc(F)cc2Br)c(N)c1. The number of anilines is 3. The summed E-state index contributed by atoms with van der Waals surface area (Å²) in [5.41, 5.74) is 7.59. The monoisotopic (exact) mass is 372 g/mol. The van der Waals surface area contributed by atoms with E-state index >= 15 is 0 Å². The van der Waals surface area contributed by atoms with Crippen LogP contribution in [-0.2, 0) is 4.74 Å². The van der Waals surface area contributed by atoms with E-state index in [2.05, 4.69) is 26.0 Å². The van der Waals surface area contributed by atoms with E-state index in [4.69, 9.17) is 17.3 Å². The van der Waals surface area contributed by atoms with Crippen molar-refractivity contribution in [3.05, 3.63) is 51.2 Å². The number of nitrogens with one attached hydrogen (secondary N) is 1. The Morgan fingerprint density at radius 2 is 2.10 bits per heavy atom. The van der Waals surface area contributed by atoms with E-state index < -0.39 is 11.8 Å². The van der Waals surface area contributed by atoms with Crippen molar-refractivity contribution in [2.75, 3.05) is 18.2 Å². The number of carbonyl (C=O) groups excluding carboxylic acids is 1. The van der Waals surface area contributed by atoms with E-state index in [9.17, 15) is 9.18 Å². The standard InChI is InChI=1S/C14H11BrClFN2O2/c1-21-14(20)7-2-3-12(11(18)4-7)19-13-9(15)5-8(17)6-10(13)16/h2-6,19H,18H2,1H3.